The topological polar surface area (TPSA) is 0 Å². The van der Waals surface area contributed by atoms with Gasteiger partial charge in [0.15, 0.2) is 0 Å². The van der Waals surface area contributed by atoms with Gasteiger partial charge in [-0.05, 0) is 30.0 Å². The van der Waals surface area contributed by atoms with Gasteiger partial charge in [-0.3, -0.25) is 0 Å². The van der Waals surface area contributed by atoms with Crippen molar-refractivity contribution >= 4 is 23.2 Å². The smallest absolute Gasteiger partial charge is 0.123 e. The van der Waals surface area contributed by atoms with Crippen LogP contribution in [0.25, 0.3) is 0 Å². The minimum absolute atomic E-state index is 0.208. The van der Waals surface area contributed by atoms with Gasteiger partial charge in [-0.1, -0.05) is 12.1 Å². The predicted molar refractivity (Wildman–Crippen MR) is 55.0 cm³/mol. The SMILES string of the molecule is Fc1cccc(CC(CCl)CCl)c1. The minimum Gasteiger partial charge on any atom is -0.207 e. The Balaban J connectivity index is 2.62. The van der Waals surface area contributed by atoms with Gasteiger partial charge in [0, 0.05) is 11.8 Å². The Morgan fingerprint density at radius 3 is 2.46 bits per heavy atom. The largest absolute Gasteiger partial charge is 0.207 e. The molecule has 0 aliphatic rings. The number of hydrogen-bond acceptors (Lipinski definition) is 0. The third-order valence-electron chi connectivity index (χ3n) is 1.85. The summed E-state index contributed by atoms with van der Waals surface area (Å²) in [5.41, 5.74) is 0.950. The summed E-state index contributed by atoms with van der Waals surface area (Å²) in [6.45, 7) is 0. The highest BCUT2D eigenvalue weighted by Crippen LogP contribution is 2.13. The van der Waals surface area contributed by atoms with Crippen molar-refractivity contribution in [3.05, 3.63) is 35.6 Å². The van der Waals surface area contributed by atoms with E-state index in [1.165, 1.54) is 12.1 Å². The molecule has 1 rings (SSSR count). The molecule has 0 amide bonds. The van der Waals surface area contributed by atoms with Crippen LogP contribution in [0.3, 0.4) is 0 Å². The summed E-state index contributed by atoms with van der Waals surface area (Å²) in [4.78, 5) is 0. The molecule has 1 aromatic rings. The Hall–Kier alpha value is -0.270. The van der Waals surface area contributed by atoms with Crippen molar-refractivity contribution in [1.29, 1.82) is 0 Å². The summed E-state index contributed by atoms with van der Waals surface area (Å²) in [6.07, 6.45) is 0.741. The van der Waals surface area contributed by atoms with Crippen molar-refractivity contribution in [2.24, 2.45) is 5.92 Å². The zero-order valence-electron chi connectivity index (χ0n) is 7.14. The first-order chi connectivity index (χ1) is 6.26. The Morgan fingerprint density at radius 1 is 1.23 bits per heavy atom. The molecule has 3 heteroatoms. The lowest BCUT2D eigenvalue weighted by atomic mass is 10.0. The fourth-order valence-corrected chi connectivity index (χ4v) is 1.70. The standard InChI is InChI=1S/C10H11Cl2F/c11-6-9(7-12)4-8-2-1-3-10(13)5-8/h1-3,5,9H,4,6-7H2. The number of halogens is 3. The summed E-state index contributed by atoms with van der Waals surface area (Å²) < 4.78 is 12.8. The van der Waals surface area contributed by atoms with Crippen molar-refractivity contribution in [1.82, 2.24) is 0 Å². The molecular formula is C10H11Cl2F. The van der Waals surface area contributed by atoms with E-state index in [0.29, 0.717) is 11.8 Å². The third kappa shape index (κ3) is 3.53. The van der Waals surface area contributed by atoms with Crippen molar-refractivity contribution in [2.45, 2.75) is 6.42 Å². The second-order valence-corrected chi connectivity index (χ2v) is 3.63. The Bertz CT molecular complexity index is 259. The number of hydrogen-bond donors (Lipinski definition) is 0. The molecule has 0 aliphatic heterocycles. The molecule has 0 radical (unpaired) electrons. The molecule has 0 nitrogen and oxygen atoms in total. The van der Waals surface area contributed by atoms with Crippen LogP contribution in [-0.4, -0.2) is 11.8 Å². The highest BCUT2D eigenvalue weighted by molar-refractivity contribution is 6.20. The zero-order chi connectivity index (χ0) is 9.68. The van der Waals surface area contributed by atoms with E-state index in [9.17, 15) is 4.39 Å². The normalized spacial score (nSPS) is 10.8. The van der Waals surface area contributed by atoms with Gasteiger partial charge in [0.25, 0.3) is 0 Å². The van der Waals surface area contributed by atoms with Crippen LogP contribution >= 0.6 is 23.2 Å². The van der Waals surface area contributed by atoms with Crippen LogP contribution < -0.4 is 0 Å². The fraction of sp³-hybridized carbons (Fsp3) is 0.400. The molecule has 0 bridgehead atoms. The van der Waals surface area contributed by atoms with Crippen LogP contribution in [0.4, 0.5) is 4.39 Å². The van der Waals surface area contributed by atoms with Crippen molar-refractivity contribution in [3.63, 3.8) is 0 Å². The Labute approximate surface area is 87.7 Å². The van der Waals surface area contributed by atoms with E-state index < -0.39 is 0 Å². The third-order valence-corrected chi connectivity index (χ3v) is 2.72. The van der Waals surface area contributed by atoms with E-state index in [0.717, 1.165) is 12.0 Å². The highest BCUT2D eigenvalue weighted by atomic mass is 35.5. The monoisotopic (exact) mass is 220 g/mol. The van der Waals surface area contributed by atoms with Crippen LogP contribution in [0.1, 0.15) is 5.56 Å². The molecule has 0 atom stereocenters. The zero-order valence-corrected chi connectivity index (χ0v) is 8.65. The van der Waals surface area contributed by atoms with Gasteiger partial charge < -0.3 is 0 Å². The predicted octanol–water partition coefficient (Wildman–Crippen LogP) is 3.46. The van der Waals surface area contributed by atoms with Gasteiger partial charge in [0.2, 0.25) is 0 Å². The summed E-state index contributed by atoms with van der Waals surface area (Å²) in [5.74, 6) is 1.05. The van der Waals surface area contributed by atoms with Crippen molar-refractivity contribution in [2.75, 3.05) is 11.8 Å². The molecule has 0 unspecified atom stereocenters. The van der Waals surface area contributed by atoms with E-state index in [1.807, 2.05) is 6.07 Å². The maximum atomic E-state index is 12.8. The Kier molecular flexibility index (Phi) is 4.54. The molecule has 0 aromatic heterocycles. The maximum absolute atomic E-state index is 12.8. The molecule has 0 fully saturated rings. The van der Waals surface area contributed by atoms with Crippen LogP contribution in [-0.2, 0) is 6.42 Å². The van der Waals surface area contributed by atoms with Gasteiger partial charge >= 0.3 is 0 Å². The molecule has 1 aromatic carbocycles. The molecule has 0 saturated carbocycles. The number of alkyl halides is 2. The first-order valence-corrected chi connectivity index (χ1v) is 5.19. The van der Waals surface area contributed by atoms with Crippen LogP contribution in [0.5, 0.6) is 0 Å². The first-order valence-electron chi connectivity index (χ1n) is 4.12. The van der Waals surface area contributed by atoms with Gasteiger partial charge in [0.1, 0.15) is 5.82 Å². The Morgan fingerprint density at radius 2 is 1.92 bits per heavy atom. The van der Waals surface area contributed by atoms with Crippen LogP contribution in [0, 0.1) is 11.7 Å². The van der Waals surface area contributed by atoms with Gasteiger partial charge in [0.05, 0.1) is 0 Å². The van der Waals surface area contributed by atoms with E-state index in [-0.39, 0.29) is 11.7 Å². The summed E-state index contributed by atoms with van der Waals surface area (Å²) >= 11 is 11.4. The molecule has 0 saturated heterocycles. The average molecular weight is 221 g/mol. The average Bonchev–Trinajstić information content (AvgIpc) is 2.14. The molecular weight excluding hydrogens is 210 g/mol. The maximum Gasteiger partial charge on any atom is 0.123 e. The van der Waals surface area contributed by atoms with E-state index in [2.05, 4.69) is 0 Å². The van der Waals surface area contributed by atoms with E-state index >= 15 is 0 Å². The second-order valence-electron chi connectivity index (χ2n) is 3.01. The van der Waals surface area contributed by atoms with E-state index in [1.54, 1.807) is 6.07 Å². The summed E-state index contributed by atoms with van der Waals surface area (Å²) in [5, 5.41) is 0. The molecule has 0 aliphatic carbocycles. The van der Waals surface area contributed by atoms with Crippen LogP contribution in [0.2, 0.25) is 0 Å². The molecule has 13 heavy (non-hydrogen) atoms. The fourth-order valence-electron chi connectivity index (χ4n) is 1.15. The highest BCUT2D eigenvalue weighted by Gasteiger charge is 2.07. The quantitative estimate of drug-likeness (QED) is 0.683. The van der Waals surface area contributed by atoms with Gasteiger partial charge in [-0.25, -0.2) is 4.39 Å². The molecule has 72 valence electrons. The lowest BCUT2D eigenvalue weighted by molar-refractivity contribution is 0.616. The molecule has 0 spiro atoms. The second kappa shape index (κ2) is 5.46. The summed E-state index contributed by atoms with van der Waals surface area (Å²) in [6, 6.07) is 6.53. The summed E-state index contributed by atoms with van der Waals surface area (Å²) in [7, 11) is 0. The van der Waals surface area contributed by atoms with Gasteiger partial charge in [-0.2, -0.15) is 0 Å². The minimum atomic E-state index is -0.208. The number of benzene rings is 1. The lowest BCUT2D eigenvalue weighted by Gasteiger charge is -2.09. The van der Waals surface area contributed by atoms with Crippen molar-refractivity contribution in [3.8, 4) is 0 Å². The number of rotatable bonds is 4. The molecule has 0 N–H and O–H groups in total. The first kappa shape index (κ1) is 10.8. The van der Waals surface area contributed by atoms with Gasteiger partial charge in [-0.15, -0.1) is 23.2 Å². The van der Waals surface area contributed by atoms with Crippen LogP contribution in [0.15, 0.2) is 24.3 Å². The van der Waals surface area contributed by atoms with Crippen molar-refractivity contribution < 1.29 is 4.39 Å². The lowest BCUT2D eigenvalue weighted by Crippen LogP contribution is -2.07. The van der Waals surface area contributed by atoms with E-state index in [4.69, 9.17) is 23.2 Å². The molecule has 0 heterocycles.